The lowest BCUT2D eigenvalue weighted by Gasteiger charge is -2.38. The van der Waals surface area contributed by atoms with Gasteiger partial charge in [-0.25, -0.2) is 0 Å². The molecule has 2 aliphatic heterocycles. The normalized spacial score (nSPS) is 18.4. The van der Waals surface area contributed by atoms with Gasteiger partial charge in [-0.05, 0) is 49.2 Å². The zero-order valence-corrected chi connectivity index (χ0v) is 15.5. The third kappa shape index (κ3) is 4.42. The molecule has 2 aliphatic rings. The number of hydrogen-bond acceptors (Lipinski definition) is 4. The van der Waals surface area contributed by atoms with Crippen LogP contribution in [0.25, 0.3) is 0 Å². The fourth-order valence-electron chi connectivity index (χ4n) is 3.74. The van der Waals surface area contributed by atoms with Crippen LogP contribution in [0.3, 0.4) is 0 Å². The zero-order valence-electron chi connectivity index (χ0n) is 15.5. The fraction of sp³-hybridized carbons (Fsp3) is 0.409. The third-order valence-electron chi connectivity index (χ3n) is 5.34. The van der Waals surface area contributed by atoms with Crippen molar-refractivity contribution in [3.05, 3.63) is 54.6 Å². The van der Waals surface area contributed by atoms with Gasteiger partial charge < -0.3 is 19.3 Å². The van der Waals surface area contributed by atoms with E-state index in [1.54, 1.807) is 0 Å². The lowest BCUT2D eigenvalue weighted by atomic mass is 9.98. The summed E-state index contributed by atoms with van der Waals surface area (Å²) >= 11 is 0. The first-order valence-electron chi connectivity index (χ1n) is 9.74. The highest BCUT2D eigenvalue weighted by atomic mass is 16.5. The first kappa shape index (κ1) is 17.9. The minimum absolute atomic E-state index is 0.153. The van der Waals surface area contributed by atoms with Crippen LogP contribution < -0.4 is 9.64 Å². The van der Waals surface area contributed by atoms with Gasteiger partial charge in [0.05, 0.1) is 0 Å². The van der Waals surface area contributed by atoms with Crippen molar-refractivity contribution in [1.82, 2.24) is 4.90 Å². The number of carbonyl (C=O) groups is 1. The Morgan fingerprint density at radius 3 is 2.15 bits per heavy atom. The van der Waals surface area contributed by atoms with Crippen LogP contribution in [0.1, 0.15) is 12.8 Å². The van der Waals surface area contributed by atoms with Crippen LogP contribution >= 0.6 is 0 Å². The van der Waals surface area contributed by atoms with Crippen molar-refractivity contribution in [1.29, 1.82) is 0 Å². The van der Waals surface area contributed by atoms with Gasteiger partial charge in [0.15, 0.2) is 0 Å². The molecule has 2 aromatic rings. The van der Waals surface area contributed by atoms with Gasteiger partial charge in [-0.2, -0.15) is 0 Å². The highest BCUT2D eigenvalue weighted by Crippen LogP contribution is 2.25. The Hall–Kier alpha value is -2.53. The average Bonchev–Trinajstić information content (AvgIpc) is 2.75. The second-order valence-electron chi connectivity index (χ2n) is 7.11. The molecule has 5 heteroatoms. The summed E-state index contributed by atoms with van der Waals surface area (Å²) in [6.07, 6.45) is 1.73. The first-order valence-corrected chi connectivity index (χ1v) is 9.74. The largest absolute Gasteiger partial charge is 0.457 e. The minimum atomic E-state index is 0.153. The number of hydrogen-bond donors (Lipinski definition) is 0. The maximum Gasteiger partial charge on any atom is 0.225 e. The predicted octanol–water partition coefficient (Wildman–Crippen LogP) is 3.55. The lowest BCUT2D eigenvalue weighted by Crippen LogP contribution is -2.51. The quantitative estimate of drug-likeness (QED) is 0.830. The Kier molecular flexibility index (Phi) is 5.58. The van der Waals surface area contributed by atoms with E-state index in [4.69, 9.17) is 9.47 Å². The molecule has 0 radical (unpaired) electrons. The predicted molar refractivity (Wildman–Crippen MR) is 105 cm³/mol. The van der Waals surface area contributed by atoms with Crippen molar-refractivity contribution in [2.24, 2.45) is 5.92 Å². The summed E-state index contributed by atoms with van der Waals surface area (Å²) in [7, 11) is 0. The minimum Gasteiger partial charge on any atom is -0.457 e. The van der Waals surface area contributed by atoms with Crippen molar-refractivity contribution in [2.45, 2.75) is 12.8 Å². The molecule has 142 valence electrons. The molecule has 5 nitrogen and oxygen atoms in total. The molecule has 2 saturated heterocycles. The standard InChI is InChI=1S/C22H26N2O3/c25-22(18-10-16-26-17-11-18)24-14-12-23(13-15-24)19-6-8-21(9-7-19)27-20-4-2-1-3-5-20/h1-9,18H,10-17H2. The average molecular weight is 366 g/mol. The third-order valence-corrected chi connectivity index (χ3v) is 5.34. The number of para-hydroxylation sites is 1. The molecule has 0 saturated carbocycles. The number of benzene rings is 2. The molecule has 2 fully saturated rings. The molecule has 0 N–H and O–H groups in total. The topological polar surface area (TPSA) is 42.0 Å². The number of amides is 1. The van der Waals surface area contributed by atoms with E-state index in [1.165, 1.54) is 5.69 Å². The molecule has 0 spiro atoms. The molecule has 4 rings (SSSR count). The van der Waals surface area contributed by atoms with Gasteiger partial charge in [0.2, 0.25) is 5.91 Å². The summed E-state index contributed by atoms with van der Waals surface area (Å²) in [5, 5.41) is 0. The Bertz CT molecular complexity index is 734. The van der Waals surface area contributed by atoms with Crippen LogP contribution in [-0.4, -0.2) is 50.2 Å². The molecule has 1 amide bonds. The van der Waals surface area contributed by atoms with E-state index >= 15 is 0 Å². The Morgan fingerprint density at radius 2 is 1.48 bits per heavy atom. The molecule has 27 heavy (non-hydrogen) atoms. The van der Waals surface area contributed by atoms with Gasteiger partial charge in [-0.1, -0.05) is 18.2 Å². The maximum atomic E-state index is 12.6. The van der Waals surface area contributed by atoms with Crippen molar-refractivity contribution < 1.29 is 14.3 Å². The second-order valence-corrected chi connectivity index (χ2v) is 7.11. The van der Waals surface area contributed by atoms with E-state index in [0.29, 0.717) is 19.1 Å². The monoisotopic (exact) mass is 366 g/mol. The molecule has 0 aliphatic carbocycles. The fourth-order valence-corrected chi connectivity index (χ4v) is 3.74. The van der Waals surface area contributed by atoms with Gasteiger partial charge in [-0.15, -0.1) is 0 Å². The summed E-state index contributed by atoms with van der Waals surface area (Å²) in [4.78, 5) is 17.0. The number of anilines is 1. The lowest BCUT2D eigenvalue weighted by molar-refractivity contribution is -0.138. The molecular formula is C22H26N2O3. The Balaban J connectivity index is 1.31. The molecule has 2 aromatic carbocycles. The van der Waals surface area contributed by atoms with Crippen molar-refractivity contribution >= 4 is 11.6 Å². The van der Waals surface area contributed by atoms with E-state index in [-0.39, 0.29) is 5.92 Å². The van der Waals surface area contributed by atoms with E-state index in [9.17, 15) is 4.79 Å². The first-order chi connectivity index (χ1) is 13.3. The van der Waals surface area contributed by atoms with Crippen molar-refractivity contribution in [3.8, 4) is 11.5 Å². The van der Waals surface area contributed by atoms with E-state index < -0.39 is 0 Å². The summed E-state index contributed by atoms with van der Waals surface area (Å²) < 4.78 is 11.2. The van der Waals surface area contributed by atoms with E-state index in [0.717, 1.165) is 50.5 Å². The second kappa shape index (κ2) is 8.44. The van der Waals surface area contributed by atoms with E-state index in [1.807, 2.05) is 47.4 Å². The number of piperazine rings is 1. The van der Waals surface area contributed by atoms with Crippen LogP contribution in [0.2, 0.25) is 0 Å². The Morgan fingerprint density at radius 1 is 0.852 bits per heavy atom. The van der Waals surface area contributed by atoms with Gasteiger partial charge in [0.25, 0.3) is 0 Å². The van der Waals surface area contributed by atoms with Gasteiger partial charge in [0.1, 0.15) is 11.5 Å². The number of rotatable bonds is 4. The summed E-state index contributed by atoms with van der Waals surface area (Å²) in [6, 6.07) is 18.0. The number of nitrogens with zero attached hydrogens (tertiary/aromatic N) is 2. The molecule has 0 unspecified atom stereocenters. The SMILES string of the molecule is O=C(C1CCOCC1)N1CCN(c2ccc(Oc3ccccc3)cc2)CC1. The number of ether oxygens (including phenoxy) is 2. The van der Waals surface area contributed by atoms with Gasteiger partial charge >= 0.3 is 0 Å². The van der Waals surface area contributed by atoms with Crippen LogP contribution in [0.5, 0.6) is 11.5 Å². The van der Waals surface area contributed by atoms with Crippen LogP contribution in [0.4, 0.5) is 5.69 Å². The molecule has 0 bridgehead atoms. The summed E-state index contributed by atoms with van der Waals surface area (Å²) in [5.41, 5.74) is 1.17. The van der Waals surface area contributed by atoms with Crippen molar-refractivity contribution in [2.75, 3.05) is 44.3 Å². The van der Waals surface area contributed by atoms with Crippen LogP contribution in [0, 0.1) is 5.92 Å². The van der Waals surface area contributed by atoms with Crippen LogP contribution in [-0.2, 0) is 9.53 Å². The van der Waals surface area contributed by atoms with Crippen LogP contribution in [0.15, 0.2) is 54.6 Å². The summed E-state index contributed by atoms with van der Waals surface area (Å²) in [6.45, 7) is 4.75. The Labute approximate surface area is 160 Å². The highest BCUT2D eigenvalue weighted by Gasteiger charge is 2.28. The zero-order chi connectivity index (χ0) is 18.5. The molecular weight excluding hydrogens is 340 g/mol. The smallest absolute Gasteiger partial charge is 0.225 e. The highest BCUT2D eigenvalue weighted by molar-refractivity contribution is 5.79. The molecule has 0 aromatic heterocycles. The van der Waals surface area contributed by atoms with E-state index in [2.05, 4.69) is 17.0 Å². The van der Waals surface area contributed by atoms with Gasteiger partial charge in [-0.3, -0.25) is 4.79 Å². The summed E-state index contributed by atoms with van der Waals surface area (Å²) in [5.74, 6) is 2.13. The maximum absolute atomic E-state index is 12.6. The number of carbonyl (C=O) groups excluding carboxylic acids is 1. The molecule has 0 atom stereocenters. The van der Waals surface area contributed by atoms with Gasteiger partial charge in [0, 0.05) is 51.0 Å². The molecule has 2 heterocycles. The van der Waals surface area contributed by atoms with Crippen molar-refractivity contribution in [3.63, 3.8) is 0 Å².